The molecule has 0 saturated carbocycles. The summed E-state index contributed by atoms with van der Waals surface area (Å²) >= 11 is 0. The minimum absolute atomic E-state index is 0.183. The van der Waals surface area contributed by atoms with Crippen LogP contribution < -0.4 is 5.32 Å². The molecule has 9 heteroatoms. The summed E-state index contributed by atoms with van der Waals surface area (Å²) in [5.41, 5.74) is -0.183. The van der Waals surface area contributed by atoms with Crippen LogP contribution in [-0.4, -0.2) is 61.2 Å². The van der Waals surface area contributed by atoms with Crippen LogP contribution in [-0.2, 0) is 15.4 Å². The van der Waals surface area contributed by atoms with Gasteiger partial charge in [-0.15, -0.1) is 0 Å². The minimum Gasteiger partial charge on any atom is -0.359 e. The molecular formula is C13H22N4O4S. The average molecular weight is 330 g/mol. The van der Waals surface area contributed by atoms with Gasteiger partial charge in [0.05, 0.1) is 6.26 Å². The van der Waals surface area contributed by atoms with Crippen molar-refractivity contribution < 1.29 is 17.7 Å². The largest absolute Gasteiger partial charge is 0.359 e. The van der Waals surface area contributed by atoms with Crippen LogP contribution in [0.25, 0.3) is 0 Å². The molecule has 0 bridgehead atoms. The number of amides is 2. The molecule has 2 rings (SSSR count). The second-order valence-electron chi connectivity index (χ2n) is 6.41. The van der Waals surface area contributed by atoms with Crippen molar-refractivity contribution >= 4 is 21.9 Å². The molecule has 0 radical (unpaired) electrons. The van der Waals surface area contributed by atoms with Crippen LogP contribution in [0.2, 0.25) is 0 Å². The van der Waals surface area contributed by atoms with E-state index in [2.05, 4.69) is 10.5 Å². The SMILES string of the molecule is CC(C)(C)c1cc(NC(=O)N2CCN(S(C)(=O)=O)CC2)no1. The summed E-state index contributed by atoms with van der Waals surface area (Å²) in [6, 6.07) is 1.40. The van der Waals surface area contributed by atoms with Gasteiger partial charge >= 0.3 is 6.03 Å². The molecule has 2 amide bonds. The Morgan fingerprint density at radius 1 is 1.27 bits per heavy atom. The van der Waals surface area contributed by atoms with Crippen molar-refractivity contribution in [3.63, 3.8) is 0 Å². The number of urea groups is 1. The Balaban J connectivity index is 1.93. The molecule has 0 aromatic carbocycles. The van der Waals surface area contributed by atoms with Gasteiger partial charge in [0.25, 0.3) is 0 Å². The van der Waals surface area contributed by atoms with Crippen LogP contribution in [0.3, 0.4) is 0 Å². The standard InChI is InChI=1S/C13H22N4O4S/c1-13(2,3)10-9-11(15-21-10)14-12(18)16-5-7-17(8-6-16)22(4,19)20/h9H,5-8H2,1-4H3,(H,14,15,18). The minimum atomic E-state index is -3.20. The van der Waals surface area contributed by atoms with Gasteiger partial charge in [0, 0.05) is 37.7 Å². The lowest BCUT2D eigenvalue weighted by atomic mass is 9.93. The molecule has 0 atom stereocenters. The Morgan fingerprint density at radius 2 is 1.86 bits per heavy atom. The third-order valence-corrected chi connectivity index (χ3v) is 4.78. The van der Waals surface area contributed by atoms with Gasteiger partial charge in [-0.2, -0.15) is 4.31 Å². The Hall–Kier alpha value is -1.61. The fraction of sp³-hybridized carbons (Fsp3) is 0.692. The monoisotopic (exact) mass is 330 g/mol. The van der Waals surface area contributed by atoms with Gasteiger partial charge in [-0.3, -0.25) is 5.32 Å². The highest BCUT2D eigenvalue weighted by atomic mass is 32.2. The molecule has 1 fully saturated rings. The lowest BCUT2D eigenvalue weighted by molar-refractivity contribution is 0.184. The van der Waals surface area contributed by atoms with Crippen LogP contribution in [0.5, 0.6) is 0 Å². The van der Waals surface area contributed by atoms with Gasteiger partial charge in [0.15, 0.2) is 5.82 Å². The highest BCUT2D eigenvalue weighted by molar-refractivity contribution is 7.88. The van der Waals surface area contributed by atoms with Crippen molar-refractivity contribution in [1.82, 2.24) is 14.4 Å². The van der Waals surface area contributed by atoms with Crippen LogP contribution in [0.1, 0.15) is 26.5 Å². The van der Waals surface area contributed by atoms with Gasteiger partial charge in [-0.1, -0.05) is 25.9 Å². The molecule has 22 heavy (non-hydrogen) atoms. The van der Waals surface area contributed by atoms with E-state index in [1.807, 2.05) is 20.8 Å². The lowest BCUT2D eigenvalue weighted by Crippen LogP contribution is -2.51. The van der Waals surface area contributed by atoms with Gasteiger partial charge in [0.1, 0.15) is 5.76 Å². The molecule has 1 N–H and O–H groups in total. The Bertz CT molecular complexity index is 639. The number of nitrogens with zero attached hydrogens (tertiary/aromatic N) is 3. The number of anilines is 1. The van der Waals surface area contributed by atoms with Crippen molar-refractivity contribution in [2.24, 2.45) is 0 Å². The van der Waals surface area contributed by atoms with E-state index in [1.54, 1.807) is 11.0 Å². The second kappa shape index (κ2) is 5.88. The van der Waals surface area contributed by atoms with Gasteiger partial charge in [-0.25, -0.2) is 13.2 Å². The van der Waals surface area contributed by atoms with E-state index in [-0.39, 0.29) is 11.4 Å². The van der Waals surface area contributed by atoms with Crippen molar-refractivity contribution in [2.45, 2.75) is 26.2 Å². The topological polar surface area (TPSA) is 95.8 Å². The summed E-state index contributed by atoms with van der Waals surface area (Å²) in [7, 11) is -3.20. The van der Waals surface area contributed by atoms with Gasteiger partial charge in [-0.05, 0) is 0 Å². The summed E-state index contributed by atoms with van der Waals surface area (Å²) in [6.45, 7) is 7.28. The number of carbonyl (C=O) groups is 1. The molecule has 1 saturated heterocycles. The maximum Gasteiger partial charge on any atom is 0.323 e. The fourth-order valence-electron chi connectivity index (χ4n) is 2.10. The smallest absolute Gasteiger partial charge is 0.323 e. The van der Waals surface area contributed by atoms with Crippen molar-refractivity contribution in [3.05, 3.63) is 11.8 Å². The van der Waals surface area contributed by atoms with Crippen LogP contribution in [0.15, 0.2) is 10.6 Å². The lowest BCUT2D eigenvalue weighted by Gasteiger charge is -2.32. The normalized spacial score (nSPS) is 17.5. The third kappa shape index (κ3) is 3.98. The number of hydrogen-bond donors (Lipinski definition) is 1. The predicted molar refractivity (Wildman–Crippen MR) is 82.2 cm³/mol. The first-order valence-corrected chi connectivity index (χ1v) is 8.90. The number of aromatic nitrogens is 1. The first-order valence-electron chi connectivity index (χ1n) is 7.05. The summed E-state index contributed by atoms with van der Waals surface area (Å²) in [4.78, 5) is 13.7. The summed E-state index contributed by atoms with van der Waals surface area (Å²) < 4.78 is 29.4. The average Bonchev–Trinajstić information content (AvgIpc) is 2.86. The van der Waals surface area contributed by atoms with Gasteiger partial charge in [0.2, 0.25) is 10.0 Å². The molecule has 124 valence electrons. The van der Waals surface area contributed by atoms with E-state index in [1.165, 1.54) is 10.6 Å². The van der Waals surface area contributed by atoms with Crippen molar-refractivity contribution in [2.75, 3.05) is 37.8 Å². The first kappa shape index (κ1) is 16.8. The van der Waals surface area contributed by atoms with E-state index in [4.69, 9.17) is 4.52 Å². The Labute approximate surface area is 130 Å². The van der Waals surface area contributed by atoms with E-state index in [0.29, 0.717) is 37.8 Å². The van der Waals surface area contributed by atoms with E-state index < -0.39 is 10.0 Å². The molecule has 1 aromatic rings. The van der Waals surface area contributed by atoms with Crippen molar-refractivity contribution in [1.29, 1.82) is 0 Å². The highest BCUT2D eigenvalue weighted by Crippen LogP contribution is 2.24. The number of hydrogen-bond acceptors (Lipinski definition) is 5. The molecule has 2 heterocycles. The van der Waals surface area contributed by atoms with E-state index >= 15 is 0 Å². The molecular weight excluding hydrogens is 308 g/mol. The van der Waals surface area contributed by atoms with Crippen LogP contribution in [0, 0.1) is 0 Å². The van der Waals surface area contributed by atoms with E-state index in [0.717, 1.165) is 0 Å². The maximum absolute atomic E-state index is 12.1. The summed E-state index contributed by atoms with van der Waals surface area (Å²) in [5, 5.41) is 6.50. The predicted octanol–water partition coefficient (Wildman–Crippen LogP) is 1.08. The maximum atomic E-state index is 12.1. The molecule has 1 aliphatic rings. The molecule has 1 aliphatic heterocycles. The van der Waals surface area contributed by atoms with E-state index in [9.17, 15) is 13.2 Å². The highest BCUT2D eigenvalue weighted by Gasteiger charge is 2.27. The zero-order valence-corrected chi connectivity index (χ0v) is 14.1. The number of carbonyl (C=O) groups excluding carboxylic acids is 1. The van der Waals surface area contributed by atoms with Crippen molar-refractivity contribution in [3.8, 4) is 0 Å². The van der Waals surface area contributed by atoms with Gasteiger partial charge < -0.3 is 9.42 Å². The quantitative estimate of drug-likeness (QED) is 0.875. The number of sulfonamides is 1. The van der Waals surface area contributed by atoms with Crippen LogP contribution in [0.4, 0.5) is 10.6 Å². The number of nitrogens with one attached hydrogen (secondary N) is 1. The summed E-state index contributed by atoms with van der Waals surface area (Å²) in [5.74, 6) is 1.05. The summed E-state index contributed by atoms with van der Waals surface area (Å²) in [6.07, 6.45) is 1.17. The Kier molecular flexibility index (Phi) is 4.48. The molecule has 1 aromatic heterocycles. The number of rotatable bonds is 2. The number of piperazine rings is 1. The molecule has 0 unspecified atom stereocenters. The Morgan fingerprint density at radius 3 is 2.32 bits per heavy atom. The van der Waals surface area contributed by atoms with Crippen LogP contribution >= 0.6 is 0 Å². The first-order chi connectivity index (χ1) is 10.1. The zero-order chi connectivity index (χ0) is 16.5. The molecule has 0 spiro atoms. The second-order valence-corrected chi connectivity index (χ2v) is 8.39. The molecule has 8 nitrogen and oxygen atoms in total. The third-order valence-electron chi connectivity index (χ3n) is 3.48. The molecule has 0 aliphatic carbocycles. The zero-order valence-electron chi connectivity index (χ0n) is 13.3. The fourth-order valence-corrected chi connectivity index (χ4v) is 2.93.